The van der Waals surface area contributed by atoms with Crippen molar-refractivity contribution in [2.75, 3.05) is 38.0 Å². The van der Waals surface area contributed by atoms with Crippen LogP contribution in [0.1, 0.15) is 38.2 Å². The predicted octanol–water partition coefficient (Wildman–Crippen LogP) is 5.15. The van der Waals surface area contributed by atoms with E-state index < -0.39 is 11.6 Å². The molecule has 5 nitrogen and oxygen atoms in total. The van der Waals surface area contributed by atoms with E-state index in [9.17, 15) is 4.79 Å². The molecular formula is C25H25Cl2N3O2. The van der Waals surface area contributed by atoms with Crippen molar-refractivity contribution in [1.82, 2.24) is 4.98 Å². The number of carbonyl (C=O) groups excluding carboxylic acids is 1. The van der Waals surface area contributed by atoms with Crippen molar-refractivity contribution in [1.29, 1.82) is 0 Å². The second-order valence-corrected chi connectivity index (χ2v) is 8.77. The zero-order chi connectivity index (χ0) is 23.0. The highest BCUT2D eigenvalue weighted by molar-refractivity contribution is 6.17. The van der Waals surface area contributed by atoms with Crippen molar-refractivity contribution < 1.29 is 9.53 Å². The molecule has 0 spiro atoms. The summed E-state index contributed by atoms with van der Waals surface area (Å²) in [6.45, 7) is 0. The number of ether oxygens (including phenoxy) is 1. The Morgan fingerprint density at radius 2 is 1.38 bits per heavy atom. The standard InChI is InChI=1S/C25H25Cl2N3O2/c1-29(2)18-5-7-21(16(11-18)13-26)25(23-15-28-10-9-20(23)24(31)32-25)22-8-6-19(30(3)4)12-17(22)14-27/h5-12,15H,13-14H2,1-4H3. The smallest absolute Gasteiger partial charge is 0.340 e. The Morgan fingerprint density at radius 1 is 0.844 bits per heavy atom. The Hall–Kier alpha value is -2.76. The van der Waals surface area contributed by atoms with E-state index in [1.165, 1.54) is 0 Å². The van der Waals surface area contributed by atoms with Crippen LogP contribution >= 0.6 is 23.2 Å². The molecule has 0 atom stereocenters. The SMILES string of the molecule is CN(C)c1ccc(C2(c3ccc(N(C)C)cc3CCl)OC(=O)c3ccncc32)c(CCl)c1. The van der Waals surface area contributed by atoms with Gasteiger partial charge in [0.15, 0.2) is 5.60 Å². The van der Waals surface area contributed by atoms with Crippen LogP contribution in [0.15, 0.2) is 54.9 Å². The van der Waals surface area contributed by atoms with Crippen LogP contribution in [0, 0.1) is 0 Å². The fraction of sp³-hybridized carbons (Fsp3) is 0.280. The Balaban J connectivity index is 2.08. The molecule has 166 valence electrons. The minimum Gasteiger partial charge on any atom is -0.440 e. The third-order valence-electron chi connectivity index (χ3n) is 5.92. The Labute approximate surface area is 198 Å². The molecule has 0 amide bonds. The maximum absolute atomic E-state index is 13.0. The van der Waals surface area contributed by atoms with Crippen molar-refractivity contribution in [2.24, 2.45) is 0 Å². The first-order chi connectivity index (χ1) is 15.3. The first-order valence-corrected chi connectivity index (χ1v) is 11.3. The van der Waals surface area contributed by atoms with Gasteiger partial charge in [-0.25, -0.2) is 4.79 Å². The highest BCUT2D eigenvalue weighted by Crippen LogP contribution is 2.50. The first kappa shape index (κ1) is 22.4. The molecule has 7 heteroatoms. The van der Waals surface area contributed by atoms with Gasteiger partial charge in [0.2, 0.25) is 0 Å². The quantitative estimate of drug-likeness (QED) is 0.368. The average molecular weight is 470 g/mol. The van der Waals surface area contributed by atoms with Crippen LogP contribution in [0.2, 0.25) is 0 Å². The van der Waals surface area contributed by atoms with Crippen LogP contribution in [0.5, 0.6) is 0 Å². The minimum atomic E-state index is -1.19. The summed E-state index contributed by atoms with van der Waals surface area (Å²) >= 11 is 12.9. The normalized spacial score (nSPS) is 14.1. The Kier molecular flexibility index (Phi) is 6.06. The molecule has 1 aromatic heterocycles. The van der Waals surface area contributed by atoms with Crippen molar-refractivity contribution in [3.05, 3.63) is 88.2 Å². The summed E-state index contributed by atoms with van der Waals surface area (Å²) in [5.74, 6) is 0.132. The molecule has 0 radical (unpaired) electrons. The molecule has 0 fully saturated rings. The molecule has 1 aliphatic rings. The number of pyridine rings is 1. The Morgan fingerprint density at radius 3 is 1.84 bits per heavy atom. The molecule has 2 aromatic carbocycles. The number of rotatable bonds is 6. The maximum atomic E-state index is 13.0. The van der Waals surface area contributed by atoms with Crippen LogP contribution < -0.4 is 9.80 Å². The van der Waals surface area contributed by atoms with Crippen LogP contribution in [-0.4, -0.2) is 39.1 Å². The van der Waals surface area contributed by atoms with Gasteiger partial charge in [0, 0.05) is 80.4 Å². The largest absolute Gasteiger partial charge is 0.440 e. The van der Waals surface area contributed by atoms with E-state index in [1.807, 2.05) is 74.4 Å². The van der Waals surface area contributed by atoms with E-state index in [-0.39, 0.29) is 11.8 Å². The van der Waals surface area contributed by atoms with Gasteiger partial charge in [0.1, 0.15) is 0 Å². The highest BCUT2D eigenvalue weighted by Gasteiger charge is 2.50. The zero-order valence-corrected chi connectivity index (χ0v) is 20.0. The van der Waals surface area contributed by atoms with Gasteiger partial charge in [-0.3, -0.25) is 4.98 Å². The summed E-state index contributed by atoms with van der Waals surface area (Å²) < 4.78 is 6.25. The van der Waals surface area contributed by atoms with Crippen molar-refractivity contribution in [3.63, 3.8) is 0 Å². The molecule has 0 aliphatic carbocycles. The number of benzene rings is 2. The van der Waals surface area contributed by atoms with Gasteiger partial charge in [0.05, 0.1) is 5.56 Å². The number of alkyl halides is 2. The van der Waals surface area contributed by atoms with Gasteiger partial charge in [0.25, 0.3) is 0 Å². The molecule has 4 rings (SSSR count). The van der Waals surface area contributed by atoms with Gasteiger partial charge in [-0.2, -0.15) is 0 Å². The van der Waals surface area contributed by atoms with Crippen LogP contribution in [0.4, 0.5) is 11.4 Å². The van der Waals surface area contributed by atoms with Crippen molar-refractivity contribution >= 4 is 40.5 Å². The lowest BCUT2D eigenvalue weighted by atomic mass is 9.77. The van der Waals surface area contributed by atoms with Gasteiger partial charge in [-0.05, 0) is 41.5 Å². The number of hydrogen-bond donors (Lipinski definition) is 0. The number of hydrogen-bond acceptors (Lipinski definition) is 5. The molecule has 2 heterocycles. The van der Waals surface area contributed by atoms with Gasteiger partial charge < -0.3 is 14.5 Å². The van der Waals surface area contributed by atoms with Crippen LogP contribution in [0.3, 0.4) is 0 Å². The fourth-order valence-corrected chi connectivity index (χ4v) is 4.71. The first-order valence-electron chi connectivity index (χ1n) is 10.2. The van der Waals surface area contributed by atoms with E-state index in [0.717, 1.165) is 33.6 Å². The molecule has 0 unspecified atom stereocenters. The van der Waals surface area contributed by atoms with Crippen LogP contribution in [0.25, 0.3) is 0 Å². The molecule has 3 aromatic rings. The maximum Gasteiger partial charge on any atom is 0.340 e. The minimum absolute atomic E-state index is 0.262. The van der Waals surface area contributed by atoms with Gasteiger partial charge >= 0.3 is 5.97 Å². The second kappa shape index (κ2) is 8.64. The second-order valence-electron chi connectivity index (χ2n) is 8.23. The van der Waals surface area contributed by atoms with E-state index in [1.54, 1.807) is 18.5 Å². The third-order valence-corrected chi connectivity index (χ3v) is 6.50. The molecule has 0 saturated carbocycles. The van der Waals surface area contributed by atoms with Crippen molar-refractivity contribution in [2.45, 2.75) is 17.4 Å². The summed E-state index contributed by atoms with van der Waals surface area (Å²) in [6, 6.07) is 13.7. The van der Waals surface area contributed by atoms with Crippen LogP contribution in [-0.2, 0) is 22.1 Å². The number of aromatic nitrogens is 1. The van der Waals surface area contributed by atoms with E-state index in [0.29, 0.717) is 11.1 Å². The summed E-state index contributed by atoms with van der Waals surface area (Å²) in [5, 5.41) is 0. The lowest BCUT2D eigenvalue weighted by Gasteiger charge is -2.34. The molecular weight excluding hydrogens is 445 g/mol. The number of nitrogens with zero attached hydrogens (tertiary/aromatic N) is 3. The number of carbonyl (C=O) groups is 1. The van der Waals surface area contributed by atoms with Gasteiger partial charge in [-0.1, -0.05) is 12.1 Å². The monoisotopic (exact) mass is 469 g/mol. The Bertz CT molecular complexity index is 1120. The molecule has 0 bridgehead atoms. The fourth-order valence-electron chi connectivity index (χ4n) is 4.27. The number of cyclic esters (lactones) is 1. The summed E-state index contributed by atoms with van der Waals surface area (Å²) in [7, 11) is 7.90. The molecule has 1 aliphatic heterocycles. The average Bonchev–Trinajstić information content (AvgIpc) is 3.11. The molecule has 0 saturated heterocycles. The van der Waals surface area contributed by atoms with Gasteiger partial charge in [-0.15, -0.1) is 23.2 Å². The van der Waals surface area contributed by atoms with E-state index >= 15 is 0 Å². The lowest BCUT2D eigenvalue weighted by molar-refractivity contribution is 0.0247. The van der Waals surface area contributed by atoms with E-state index in [2.05, 4.69) is 4.98 Å². The number of fused-ring (bicyclic) bond motifs is 1. The number of halogens is 2. The van der Waals surface area contributed by atoms with E-state index in [4.69, 9.17) is 27.9 Å². The summed E-state index contributed by atoms with van der Waals surface area (Å²) in [5.41, 5.74) is 5.38. The summed E-state index contributed by atoms with van der Waals surface area (Å²) in [4.78, 5) is 21.4. The number of anilines is 2. The molecule has 0 N–H and O–H groups in total. The highest BCUT2D eigenvalue weighted by atomic mass is 35.5. The topological polar surface area (TPSA) is 45.7 Å². The third kappa shape index (κ3) is 3.50. The predicted molar refractivity (Wildman–Crippen MR) is 130 cm³/mol. The zero-order valence-electron chi connectivity index (χ0n) is 18.5. The lowest BCUT2D eigenvalue weighted by Crippen LogP contribution is -2.32. The molecule has 32 heavy (non-hydrogen) atoms. The van der Waals surface area contributed by atoms with Crippen molar-refractivity contribution in [3.8, 4) is 0 Å². The summed E-state index contributed by atoms with van der Waals surface area (Å²) in [6.07, 6.45) is 3.31. The number of esters is 1.